The minimum Gasteiger partial charge on any atom is -0.377 e. The molecule has 2 N–H and O–H groups in total. The molecule has 2 aromatic carbocycles. The van der Waals surface area contributed by atoms with Crippen LogP contribution in [-0.2, 0) is 17.3 Å². The van der Waals surface area contributed by atoms with Crippen molar-refractivity contribution < 1.29 is 8.60 Å². The van der Waals surface area contributed by atoms with Gasteiger partial charge in [-0.25, -0.2) is 9.37 Å². The Kier molecular flexibility index (Phi) is 5.16. The average Bonchev–Trinajstić information content (AvgIpc) is 3.07. The van der Waals surface area contributed by atoms with E-state index in [0.717, 1.165) is 38.4 Å². The van der Waals surface area contributed by atoms with Crippen LogP contribution in [0.4, 0.5) is 15.9 Å². The third-order valence-electron chi connectivity index (χ3n) is 5.88. The molecule has 0 amide bonds. The highest BCUT2D eigenvalue weighted by atomic mass is 32.2. The van der Waals surface area contributed by atoms with Crippen molar-refractivity contribution in [1.82, 2.24) is 10.3 Å². The van der Waals surface area contributed by atoms with Gasteiger partial charge in [-0.2, -0.15) is 0 Å². The number of benzene rings is 2. The summed E-state index contributed by atoms with van der Waals surface area (Å²) in [5.74, 6) is 1.39. The number of hydrogen-bond acceptors (Lipinski definition) is 5. The molecule has 0 saturated carbocycles. The molecule has 0 spiro atoms. The molecule has 1 saturated heterocycles. The standard InChI is InChI=1S/C23H25FN4OS/c1-15-6-7-19-17(10-15)20(26-21-13-25-12-18(21)24)11-23(27-19)28-8-9-30(29)22-5-3-2-4-16(22)14-28/h2-7,10-11,18,21,25H,8-9,12-14H2,1H3,(H,26,27)/t18-,21-,30?/m1/s1. The summed E-state index contributed by atoms with van der Waals surface area (Å²) in [6.45, 7) is 4.33. The van der Waals surface area contributed by atoms with Crippen molar-refractivity contribution in [3.63, 3.8) is 0 Å². The molecule has 5 rings (SSSR count). The van der Waals surface area contributed by atoms with Crippen LogP contribution in [-0.4, -0.2) is 46.8 Å². The number of nitrogens with one attached hydrogen (secondary N) is 2. The van der Waals surface area contributed by atoms with Gasteiger partial charge in [-0.05, 0) is 30.7 Å². The van der Waals surface area contributed by atoms with E-state index in [9.17, 15) is 8.60 Å². The lowest BCUT2D eigenvalue weighted by atomic mass is 10.1. The van der Waals surface area contributed by atoms with Gasteiger partial charge in [0.15, 0.2) is 0 Å². The number of alkyl halides is 1. The summed E-state index contributed by atoms with van der Waals surface area (Å²) in [5, 5.41) is 7.52. The van der Waals surface area contributed by atoms with Crippen LogP contribution in [0.2, 0.25) is 0 Å². The Hall–Kier alpha value is -2.51. The Morgan fingerprint density at radius 1 is 1.20 bits per heavy atom. The Morgan fingerprint density at radius 2 is 2.07 bits per heavy atom. The molecule has 30 heavy (non-hydrogen) atoms. The van der Waals surface area contributed by atoms with Crippen molar-refractivity contribution in [2.24, 2.45) is 0 Å². The molecule has 0 aliphatic carbocycles. The summed E-state index contributed by atoms with van der Waals surface area (Å²) in [6.07, 6.45) is -0.922. The zero-order valence-corrected chi connectivity index (χ0v) is 17.7. The first-order valence-electron chi connectivity index (χ1n) is 10.3. The summed E-state index contributed by atoms with van der Waals surface area (Å²) in [6, 6.07) is 15.8. The Balaban J connectivity index is 1.56. The lowest BCUT2D eigenvalue weighted by Gasteiger charge is -2.24. The second kappa shape index (κ2) is 7.96. The maximum Gasteiger partial charge on any atom is 0.134 e. The van der Waals surface area contributed by atoms with Crippen molar-refractivity contribution in [2.75, 3.05) is 35.6 Å². The maximum absolute atomic E-state index is 14.3. The Morgan fingerprint density at radius 3 is 2.90 bits per heavy atom. The number of hydrogen-bond donors (Lipinski definition) is 2. The molecule has 7 heteroatoms. The summed E-state index contributed by atoms with van der Waals surface area (Å²) < 4.78 is 27.0. The lowest BCUT2D eigenvalue weighted by molar-refractivity contribution is 0.343. The van der Waals surface area contributed by atoms with Crippen molar-refractivity contribution in [1.29, 1.82) is 0 Å². The zero-order chi connectivity index (χ0) is 20.7. The molecular weight excluding hydrogens is 399 g/mol. The van der Waals surface area contributed by atoms with Crippen LogP contribution in [0.5, 0.6) is 0 Å². The van der Waals surface area contributed by atoms with Crippen LogP contribution < -0.4 is 15.5 Å². The van der Waals surface area contributed by atoms with Crippen LogP contribution in [0.25, 0.3) is 10.9 Å². The number of pyridine rings is 1. The SMILES string of the molecule is Cc1ccc2nc(N3CCS(=O)c4ccccc4C3)cc(N[C@@H]3CNC[C@H]3F)c2c1. The van der Waals surface area contributed by atoms with Crippen molar-refractivity contribution in [3.8, 4) is 0 Å². The molecule has 3 aromatic rings. The van der Waals surface area contributed by atoms with Gasteiger partial charge < -0.3 is 15.5 Å². The van der Waals surface area contributed by atoms with Gasteiger partial charge in [0.05, 0.1) is 22.4 Å². The molecule has 5 nitrogen and oxygen atoms in total. The van der Waals surface area contributed by atoms with Gasteiger partial charge in [0.2, 0.25) is 0 Å². The van der Waals surface area contributed by atoms with Gasteiger partial charge in [-0.15, -0.1) is 0 Å². The Labute approximate surface area is 178 Å². The second-order valence-electron chi connectivity index (χ2n) is 8.05. The molecule has 2 aliphatic heterocycles. The first-order chi connectivity index (χ1) is 14.6. The zero-order valence-electron chi connectivity index (χ0n) is 16.9. The molecule has 3 atom stereocenters. The highest BCUT2D eigenvalue weighted by Crippen LogP contribution is 2.31. The first kappa shape index (κ1) is 19.5. The third-order valence-corrected chi connectivity index (χ3v) is 7.32. The van der Waals surface area contributed by atoms with Gasteiger partial charge in [0, 0.05) is 54.0 Å². The second-order valence-corrected chi connectivity index (χ2v) is 9.59. The number of nitrogens with zero attached hydrogens (tertiary/aromatic N) is 2. The van der Waals surface area contributed by atoms with Crippen LogP contribution in [0, 0.1) is 6.92 Å². The molecule has 1 unspecified atom stereocenters. The van der Waals surface area contributed by atoms with E-state index in [1.54, 1.807) is 0 Å². The lowest BCUT2D eigenvalue weighted by Crippen LogP contribution is -2.30. The maximum atomic E-state index is 14.3. The fourth-order valence-corrected chi connectivity index (χ4v) is 5.50. The highest BCUT2D eigenvalue weighted by Gasteiger charge is 2.27. The van der Waals surface area contributed by atoms with Gasteiger partial charge >= 0.3 is 0 Å². The molecule has 0 radical (unpaired) electrons. The predicted molar refractivity (Wildman–Crippen MR) is 120 cm³/mol. The number of halogens is 1. The molecule has 156 valence electrons. The summed E-state index contributed by atoms with van der Waals surface area (Å²) in [5.41, 5.74) is 3.98. The normalized spacial score (nSPS) is 23.9. The highest BCUT2D eigenvalue weighted by molar-refractivity contribution is 7.85. The van der Waals surface area contributed by atoms with Gasteiger partial charge in [0.25, 0.3) is 0 Å². The first-order valence-corrected chi connectivity index (χ1v) is 11.6. The molecule has 1 aromatic heterocycles. The molecular formula is C23H25FN4OS. The summed E-state index contributed by atoms with van der Waals surface area (Å²) >= 11 is 0. The number of aromatic nitrogens is 1. The van der Waals surface area contributed by atoms with Gasteiger partial charge in [0.1, 0.15) is 12.0 Å². The minimum atomic E-state index is -1.01. The van der Waals surface area contributed by atoms with Crippen LogP contribution in [0.1, 0.15) is 11.1 Å². The minimum absolute atomic E-state index is 0.263. The van der Waals surface area contributed by atoms with Crippen molar-refractivity contribution in [2.45, 2.75) is 30.6 Å². The number of fused-ring (bicyclic) bond motifs is 2. The van der Waals surface area contributed by atoms with E-state index in [4.69, 9.17) is 4.98 Å². The molecule has 1 fully saturated rings. The van der Waals surface area contributed by atoms with Crippen LogP contribution >= 0.6 is 0 Å². The quantitative estimate of drug-likeness (QED) is 0.675. The Bertz CT molecular complexity index is 1120. The van der Waals surface area contributed by atoms with Gasteiger partial charge in [-0.3, -0.25) is 4.21 Å². The largest absolute Gasteiger partial charge is 0.377 e. The molecule has 3 heterocycles. The monoisotopic (exact) mass is 424 g/mol. The number of anilines is 2. The predicted octanol–water partition coefficient (Wildman–Crippen LogP) is 3.39. The van der Waals surface area contributed by atoms with E-state index in [1.807, 2.05) is 49.4 Å². The van der Waals surface area contributed by atoms with Crippen LogP contribution in [0.3, 0.4) is 0 Å². The number of aryl methyl sites for hydroxylation is 1. The van der Waals surface area contributed by atoms with E-state index in [2.05, 4.69) is 21.6 Å². The van der Waals surface area contributed by atoms with Crippen LogP contribution in [0.15, 0.2) is 53.4 Å². The van der Waals surface area contributed by atoms with E-state index < -0.39 is 17.0 Å². The molecule has 2 aliphatic rings. The fourth-order valence-electron chi connectivity index (χ4n) is 4.23. The van der Waals surface area contributed by atoms with E-state index in [1.165, 1.54) is 0 Å². The van der Waals surface area contributed by atoms with Gasteiger partial charge in [-0.1, -0.05) is 29.8 Å². The fraction of sp³-hybridized carbons (Fsp3) is 0.348. The van der Waals surface area contributed by atoms with E-state index in [0.29, 0.717) is 31.9 Å². The third kappa shape index (κ3) is 3.68. The van der Waals surface area contributed by atoms with E-state index >= 15 is 0 Å². The van der Waals surface area contributed by atoms with Crippen molar-refractivity contribution >= 4 is 33.2 Å². The topological polar surface area (TPSA) is 57.3 Å². The number of rotatable bonds is 3. The summed E-state index contributed by atoms with van der Waals surface area (Å²) in [4.78, 5) is 8.00. The van der Waals surface area contributed by atoms with E-state index in [-0.39, 0.29) is 6.04 Å². The summed E-state index contributed by atoms with van der Waals surface area (Å²) in [7, 11) is -1.01. The molecule has 0 bridgehead atoms. The van der Waals surface area contributed by atoms with Crippen molar-refractivity contribution in [3.05, 3.63) is 59.7 Å². The smallest absolute Gasteiger partial charge is 0.134 e. The average molecular weight is 425 g/mol.